The molecular weight excluding hydrogens is 324 g/mol. The Labute approximate surface area is 144 Å². The van der Waals surface area contributed by atoms with Gasteiger partial charge in [0.1, 0.15) is 12.2 Å². The zero-order valence-electron chi connectivity index (χ0n) is 14.2. The fourth-order valence-electron chi connectivity index (χ4n) is 2.90. The quantitative estimate of drug-likeness (QED) is 0.699. The van der Waals surface area contributed by atoms with Gasteiger partial charge in [0.15, 0.2) is 11.2 Å². The van der Waals surface area contributed by atoms with Gasteiger partial charge in [-0.05, 0) is 6.92 Å². The van der Waals surface area contributed by atoms with Gasteiger partial charge in [0.2, 0.25) is 5.95 Å². The summed E-state index contributed by atoms with van der Waals surface area (Å²) in [6, 6.07) is 0. The van der Waals surface area contributed by atoms with Gasteiger partial charge >= 0.3 is 5.97 Å². The van der Waals surface area contributed by atoms with Crippen LogP contribution in [0, 0.1) is 11.8 Å². The highest BCUT2D eigenvalue weighted by molar-refractivity contribution is 5.76. The van der Waals surface area contributed by atoms with Crippen molar-refractivity contribution in [2.75, 3.05) is 31.1 Å². The first-order valence-electron chi connectivity index (χ1n) is 8.06. The zero-order chi connectivity index (χ0) is 18.0. The van der Waals surface area contributed by atoms with Crippen LogP contribution in [-0.4, -0.2) is 56.4 Å². The van der Waals surface area contributed by atoms with E-state index in [2.05, 4.69) is 32.0 Å². The highest BCUT2D eigenvalue weighted by Gasteiger charge is 2.23. The second-order valence-corrected chi connectivity index (χ2v) is 5.80. The third-order valence-electron chi connectivity index (χ3n) is 4.18. The summed E-state index contributed by atoms with van der Waals surface area (Å²) in [5.41, 5.74) is 0.312. The van der Waals surface area contributed by atoms with E-state index in [4.69, 9.17) is 5.11 Å². The fraction of sp³-hybridized carbons (Fsp3) is 0.500. The van der Waals surface area contributed by atoms with Crippen LogP contribution in [0.1, 0.15) is 12.7 Å². The summed E-state index contributed by atoms with van der Waals surface area (Å²) in [5.74, 6) is 5.60. The number of carbonyl (C=O) groups is 1. The van der Waals surface area contributed by atoms with E-state index in [1.165, 1.54) is 11.6 Å². The Morgan fingerprint density at radius 3 is 2.68 bits per heavy atom. The van der Waals surface area contributed by atoms with Crippen LogP contribution in [-0.2, 0) is 24.8 Å². The topological polar surface area (TPSA) is 105 Å². The van der Waals surface area contributed by atoms with E-state index in [0.717, 1.165) is 26.2 Å². The molecule has 2 N–H and O–H groups in total. The highest BCUT2D eigenvalue weighted by Crippen LogP contribution is 2.20. The van der Waals surface area contributed by atoms with Gasteiger partial charge in [0.25, 0.3) is 5.56 Å². The molecule has 1 fully saturated rings. The molecule has 1 aliphatic rings. The molecule has 3 heterocycles. The molecule has 2 aromatic heterocycles. The molecule has 1 aliphatic heterocycles. The molecule has 0 spiro atoms. The molecule has 2 aromatic rings. The predicted molar refractivity (Wildman–Crippen MR) is 92.6 cm³/mol. The van der Waals surface area contributed by atoms with Crippen molar-refractivity contribution in [3.63, 3.8) is 0 Å². The fourth-order valence-corrected chi connectivity index (χ4v) is 2.90. The number of aromatic nitrogens is 4. The molecule has 0 bridgehead atoms. The molecular formula is C16H20N6O3. The lowest BCUT2D eigenvalue weighted by atomic mass is 10.3. The number of piperazine rings is 1. The maximum Gasteiger partial charge on any atom is 0.311 e. The Morgan fingerprint density at radius 2 is 2.04 bits per heavy atom. The molecule has 25 heavy (non-hydrogen) atoms. The molecule has 132 valence electrons. The van der Waals surface area contributed by atoms with Crippen LogP contribution in [0.3, 0.4) is 0 Å². The van der Waals surface area contributed by atoms with Gasteiger partial charge in [-0.1, -0.05) is 5.92 Å². The van der Waals surface area contributed by atoms with Gasteiger partial charge in [-0.15, -0.1) is 5.92 Å². The molecule has 0 saturated carbocycles. The molecule has 9 nitrogen and oxygen atoms in total. The number of aliphatic carboxylic acids is 1. The number of carboxylic acids is 1. The summed E-state index contributed by atoms with van der Waals surface area (Å²) in [5, 5.41) is 12.3. The lowest BCUT2D eigenvalue weighted by molar-refractivity contribution is -0.136. The molecule has 0 amide bonds. The molecule has 0 aliphatic carbocycles. The minimum absolute atomic E-state index is 0.183. The van der Waals surface area contributed by atoms with Crippen molar-refractivity contribution in [2.45, 2.75) is 19.9 Å². The van der Waals surface area contributed by atoms with Gasteiger partial charge < -0.3 is 15.3 Å². The number of hydrogen-bond acceptors (Lipinski definition) is 6. The Hall–Kier alpha value is -2.86. The zero-order valence-corrected chi connectivity index (χ0v) is 14.2. The monoisotopic (exact) mass is 344 g/mol. The summed E-state index contributed by atoms with van der Waals surface area (Å²) >= 11 is 0. The van der Waals surface area contributed by atoms with Gasteiger partial charge in [-0.25, -0.2) is 4.98 Å². The van der Waals surface area contributed by atoms with Crippen molar-refractivity contribution in [3.05, 3.63) is 16.2 Å². The molecule has 1 saturated heterocycles. The predicted octanol–water partition coefficient (Wildman–Crippen LogP) is -0.810. The standard InChI is InChI=1S/C16H20N6O3/c1-3-4-7-22-13-14(19-16(22)21-8-5-17-6-9-21)18-11(10-12(23)24)20(2)15(13)25/h17H,5-10H2,1-2H3,(H,23,24). The molecule has 0 radical (unpaired) electrons. The average molecular weight is 344 g/mol. The first-order chi connectivity index (χ1) is 12.0. The minimum Gasteiger partial charge on any atom is -0.481 e. The van der Waals surface area contributed by atoms with E-state index in [1.807, 2.05) is 0 Å². The largest absolute Gasteiger partial charge is 0.481 e. The summed E-state index contributed by atoms with van der Waals surface area (Å²) < 4.78 is 3.05. The van der Waals surface area contributed by atoms with E-state index < -0.39 is 5.97 Å². The van der Waals surface area contributed by atoms with Gasteiger partial charge in [0.05, 0.1) is 6.54 Å². The number of fused-ring (bicyclic) bond motifs is 1. The first kappa shape index (κ1) is 17.0. The number of hydrogen-bond donors (Lipinski definition) is 2. The van der Waals surface area contributed by atoms with E-state index in [0.29, 0.717) is 18.0 Å². The van der Waals surface area contributed by atoms with E-state index in [-0.39, 0.29) is 23.5 Å². The molecule has 0 aromatic carbocycles. The van der Waals surface area contributed by atoms with Gasteiger partial charge in [0, 0.05) is 33.2 Å². The van der Waals surface area contributed by atoms with Crippen molar-refractivity contribution in [1.82, 2.24) is 24.4 Å². The first-order valence-corrected chi connectivity index (χ1v) is 8.06. The maximum absolute atomic E-state index is 12.8. The van der Waals surface area contributed by atoms with E-state index in [9.17, 15) is 9.59 Å². The van der Waals surface area contributed by atoms with Crippen LogP contribution in [0.25, 0.3) is 11.2 Å². The van der Waals surface area contributed by atoms with Crippen LogP contribution in [0.4, 0.5) is 5.95 Å². The number of imidazole rings is 1. The summed E-state index contributed by atoms with van der Waals surface area (Å²) in [7, 11) is 1.53. The Balaban J connectivity index is 2.21. The molecule has 3 rings (SSSR count). The van der Waals surface area contributed by atoms with E-state index in [1.54, 1.807) is 11.5 Å². The van der Waals surface area contributed by atoms with Crippen molar-refractivity contribution in [3.8, 4) is 11.8 Å². The number of rotatable bonds is 4. The molecule has 0 unspecified atom stereocenters. The van der Waals surface area contributed by atoms with Crippen LogP contribution in [0.5, 0.6) is 0 Å². The molecule has 9 heteroatoms. The third kappa shape index (κ3) is 3.21. The summed E-state index contributed by atoms with van der Waals surface area (Å²) in [6.07, 6.45) is -0.327. The minimum atomic E-state index is -1.04. The van der Waals surface area contributed by atoms with Gasteiger partial charge in [-0.2, -0.15) is 4.98 Å². The van der Waals surface area contributed by atoms with Crippen LogP contribution >= 0.6 is 0 Å². The van der Waals surface area contributed by atoms with Gasteiger partial charge in [-0.3, -0.25) is 18.7 Å². The van der Waals surface area contributed by atoms with E-state index >= 15 is 0 Å². The second-order valence-electron chi connectivity index (χ2n) is 5.80. The maximum atomic E-state index is 12.8. The van der Waals surface area contributed by atoms with Crippen LogP contribution in [0.2, 0.25) is 0 Å². The Morgan fingerprint density at radius 1 is 1.32 bits per heavy atom. The van der Waals surface area contributed by atoms with Crippen molar-refractivity contribution >= 4 is 23.1 Å². The summed E-state index contributed by atoms with van der Waals surface area (Å²) in [4.78, 5) is 34.8. The second kappa shape index (κ2) is 6.94. The number of carboxylic acid groups (broad SMARTS) is 1. The number of anilines is 1. The number of nitrogens with one attached hydrogen (secondary N) is 1. The smallest absolute Gasteiger partial charge is 0.311 e. The average Bonchev–Trinajstić information content (AvgIpc) is 2.96. The van der Waals surface area contributed by atoms with Crippen molar-refractivity contribution in [1.29, 1.82) is 0 Å². The Kier molecular flexibility index (Phi) is 4.72. The normalized spacial score (nSPS) is 14.4. The lowest BCUT2D eigenvalue weighted by Gasteiger charge is -2.28. The van der Waals surface area contributed by atoms with Crippen LogP contribution < -0.4 is 15.8 Å². The SMILES string of the molecule is CC#CCn1c(N2CCNCC2)nc2nc(CC(=O)O)n(C)c(=O)c21. The van der Waals surface area contributed by atoms with Crippen molar-refractivity contribution in [2.24, 2.45) is 7.05 Å². The third-order valence-corrected chi connectivity index (χ3v) is 4.18. The highest BCUT2D eigenvalue weighted by atomic mass is 16.4. The Bertz CT molecular complexity index is 927. The molecule has 0 atom stereocenters. The van der Waals surface area contributed by atoms with Crippen LogP contribution in [0.15, 0.2) is 4.79 Å². The lowest BCUT2D eigenvalue weighted by Crippen LogP contribution is -2.44. The number of nitrogens with zero attached hydrogens (tertiary/aromatic N) is 5. The van der Waals surface area contributed by atoms with Crippen molar-refractivity contribution < 1.29 is 9.90 Å². The summed E-state index contributed by atoms with van der Waals surface area (Å²) in [6.45, 7) is 5.28.